The topological polar surface area (TPSA) is 37.0 Å². The minimum Gasteiger partial charge on any atom is -0.494 e. The van der Waals surface area contributed by atoms with Crippen LogP contribution < -0.4 is 10.1 Å². The summed E-state index contributed by atoms with van der Waals surface area (Å²) in [5, 5.41) is 5.81. The van der Waals surface area contributed by atoms with Gasteiger partial charge in [0, 0.05) is 33.7 Å². The van der Waals surface area contributed by atoms with Crippen molar-refractivity contribution in [3.8, 4) is 5.75 Å². The lowest BCUT2D eigenvalue weighted by molar-refractivity contribution is 0.332. The Morgan fingerprint density at radius 3 is 2.69 bits per heavy atom. The Bertz CT molecular complexity index is 990. The number of ether oxygens (including phenoxy) is 1. The molecule has 4 heteroatoms. The van der Waals surface area contributed by atoms with E-state index in [1.54, 1.807) is 0 Å². The van der Waals surface area contributed by atoms with E-state index in [1.807, 2.05) is 13.8 Å². The quantitative estimate of drug-likeness (QED) is 0.651. The fourth-order valence-electron chi connectivity index (χ4n) is 4.21. The molecular weight excluding hydrogens is 344 g/mol. The number of fused-ring (bicyclic) bond motifs is 3. The number of aromatic nitrogens is 1. The number of nitrogens with one attached hydrogen (secondary N) is 2. The van der Waals surface area contributed by atoms with Crippen LogP contribution in [0.3, 0.4) is 0 Å². The zero-order chi connectivity index (χ0) is 18.4. The van der Waals surface area contributed by atoms with E-state index in [2.05, 4.69) is 48.4 Å². The van der Waals surface area contributed by atoms with Gasteiger partial charge in [0.1, 0.15) is 5.75 Å². The molecule has 2 heterocycles. The van der Waals surface area contributed by atoms with Crippen LogP contribution in [0.15, 0.2) is 24.3 Å². The molecule has 0 fully saturated rings. The smallest absolute Gasteiger partial charge is 0.124 e. The standard InChI is InChI=1S/C22H25ClN2O/c1-5-26-19-10-13(3)17(23)11-16(19)21-22-15(6-7-24-21)20-14(4)8-12(2)9-18(20)25-22/h8-11,21,24-25H,5-7H2,1-4H3. The van der Waals surface area contributed by atoms with Gasteiger partial charge >= 0.3 is 0 Å². The normalized spacial score (nSPS) is 16.7. The van der Waals surface area contributed by atoms with E-state index in [1.165, 1.54) is 33.3 Å². The Morgan fingerprint density at radius 1 is 1.12 bits per heavy atom. The molecule has 1 atom stereocenters. The highest BCUT2D eigenvalue weighted by molar-refractivity contribution is 6.31. The summed E-state index contributed by atoms with van der Waals surface area (Å²) in [5.41, 5.74) is 8.64. The van der Waals surface area contributed by atoms with Crippen molar-refractivity contribution >= 4 is 22.5 Å². The molecule has 0 aliphatic carbocycles. The summed E-state index contributed by atoms with van der Waals surface area (Å²) in [5.74, 6) is 0.909. The Morgan fingerprint density at radius 2 is 1.92 bits per heavy atom. The third kappa shape index (κ3) is 2.80. The number of aryl methyl sites for hydroxylation is 3. The van der Waals surface area contributed by atoms with Gasteiger partial charge in [-0.15, -0.1) is 0 Å². The van der Waals surface area contributed by atoms with Gasteiger partial charge in [-0.1, -0.05) is 17.7 Å². The van der Waals surface area contributed by atoms with Crippen molar-refractivity contribution in [1.82, 2.24) is 10.3 Å². The molecule has 2 N–H and O–H groups in total. The zero-order valence-corrected chi connectivity index (χ0v) is 16.6. The van der Waals surface area contributed by atoms with E-state index in [9.17, 15) is 0 Å². The lowest BCUT2D eigenvalue weighted by Gasteiger charge is -2.27. The number of H-pyrrole nitrogens is 1. The first-order valence-electron chi connectivity index (χ1n) is 9.27. The van der Waals surface area contributed by atoms with Crippen LogP contribution >= 0.6 is 11.6 Å². The number of benzene rings is 2. The van der Waals surface area contributed by atoms with Crippen molar-refractivity contribution in [3.05, 3.63) is 62.8 Å². The largest absolute Gasteiger partial charge is 0.494 e. The average molecular weight is 369 g/mol. The van der Waals surface area contributed by atoms with Crippen LogP contribution in [0.25, 0.3) is 10.9 Å². The fourth-order valence-corrected chi connectivity index (χ4v) is 4.39. The van der Waals surface area contributed by atoms with Crippen LogP contribution in [-0.4, -0.2) is 18.1 Å². The number of halogens is 1. The fraction of sp³-hybridized carbons (Fsp3) is 0.364. The Labute approximate surface area is 159 Å². The maximum atomic E-state index is 6.46. The molecule has 26 heavy (non-hydrogen) atoms. The molecule has 0 saturated heterocycles. The van der Waals surface area contributed by atoms with E-state index in [4.69, 9.17) is 16.3 Å². The molecule has 0 radical (unpaired) electrons. The molecule has 0 saturated carbocycles. The van der Waals surface area contributed by atoms with E-state index in [-0.39, 0.29) is 6.04 Å². The van der Waals surface area contributed by atoms with Gasteiger partial charge < -0.3 is 15.0 Å². The molecule has 3 aromatic rings. The molecule has 1 aliphatic rings. The van der Waals surface area contributed by atoms with Crippen molar-refractivity contribution in [2.75, 3.05) is 13.2 Å². The van der Waals surface area contributed by atoms with Crippen molar-refractivity contribution in [1.29, 1.82) is 0 Å². The van der Waals surface area contributed by atoms with Crippen LogP contribution in [0, 0.1) is 20.8 Å². The van der Waals surface area contributed by atoms with E-state index >= 15 is 0 Å². The number of aromatic amines is 1. The molecule has 1 aliphatic heterocycles. The second-order valence-corrected chi connectivity index (χ2v) is 7.64. The maximum absolute atomic E-state index is 6.46. The third-order valence-corrected chi connectivity index (χ3v) is 5.70. The first-order chi connectivity index (χ1) is 12.5. The molecule has 0 spiro atoms. The van der Waals surface area contributed by atoms with Crippen LogP contribution in [0.5, 0.6) is 5.75 Å². The van der Waals surface area contributed by atoms with E-state index in [0.717, 1.165) is 34.9 Å². The van der Waals surface area contributed by atoms with Gasteiger partial charge in [-0.2, -0.15) is 0 Å². The second kappa shape index (κ2) is 6.64. The molecule has 3 nitrogen and oxygen atoms in total. The third-order valence-electron chi connectivity index (χ3n) is 5.29. The van der Waals surface area contributed by atoms with Gasteiger partial charge in [0.15, 0.2) is 0 Å². The molecule has 136 valence electrons. The monoisotopic (exact) mass is 368 g/mol. The number of rotatable bonds is 3. The SMILES string of the molecule is CCOc1cc(C)c(Cl)cc1C1NCCc2c1[nH]c1cc(C)cc(C)c21. The second-order valence-electron chi connectivity index (χ2n) is 7.23. The van der Waals surface area contributed by atoms with Crippen molar-refractivity contribution in [2.45, 2.75) is 40.2 Å². The van der Waals surface area contributed by atoms with Crippen molar-refractivity contribution < 1.29 is 4.74 Å². The summed E-state index contributed by atoms with van der Waals surface area (Å²) in [4.78, 5) is 3.69. The summed E-state index contributed by atoms with van der Waals surface area (Å²) >= 11 is 6.46. The predicted octanol–water partition coefficient (Wildman–Crippen LogP) is 5.38. The van der Waals surface area contributed by atoms with Gasteiger partial charge in [0.25, 0.3) is 0 Å². The molecule has 2 aromatic carbocycles. The summed E-state index contributed by atoms with van der Waals surface area (Å²) < 4.78 is 5.95. The van der Waals surface area contributed by atoms with Gasteiger partial charge in [0.2, 0.25) is 0 Å². The minimum atomic E-state index is 0.0607. The summed E-state index contributed by atoms with van der Waals surface area (Å²) in [6.45, 7) is 9.96. The molecule has 1 aromatic heterocycles. The minimum absolute atomic E-state index is 0.0607. The molecule has 0 bridgehead atoms. The van der Waals surface area contributed by atoms with Crippen LogP contribution in [0.4, 0.5) is 0 Å². The van der Waals surface area contributed by atoms with Crippen LogP contribution in [0.2, 0.25) is 5.02 Å². The van der Waals surface area contributed by atoms with Gasteiger partial charge in [-0.3, -0.25) is 0 Å². The highest BCUT2D eigenvalue weighted by atomic mass is 35.5. The summed E-state index contributed by atoms with van der Waals surface area (Å²) in [6, 6.07) is 8.67. The first-order valence-corrected chi connectivity index (χ1v) is 9.65. The zero-order valence-electron chi connectivity index (χ0n) is 15.8. The summed E-state index contributed by atoms with van der Waals surface area (Å²) in [6.07, 6.45) is 1.03. The van der Waals surface area contributed by atoms with Crippen LogP contribution in [0.1, 0.15) is 46.5 Å². The number of hydrogen-bond donors (Lipinski definition) is 2. The van der Waals surface area contributed by atoms with E-state index < -0.39 is 0 Å². The Kier molecular flexibility index (Phi) is 4.45. The number of hydrogen-bond acceptors (Lipinski definition) is 2. The molecule has 1 unspecified atom stereocenters. The van der Waals surface area contributed by atoms with Crippen LogP contribution in [-0.2, 0) is 6.42 Å². The highest BCUT2D eigenvalue weighted by Crippen LogP contribution is 2.40. The molecule has 0 amide bonds. The van der Waals surface area contributed by atoms with Crippen molar-refractivity contribution in [3.63, 3.8) is 0 Å². The Hall–Kier alpha value is -1.97. The van der Waals surface area contributed by atoms with E-state index in [0.29, 0.717) is 6.61 Å². The van der Waals surface area contributed by atoms with Crippen molar-refractivity contribution in [2.24, 2.45) is 0 Å². The highest BCUT2D eigenvalue weighted by Gasteiger charge is 2.28. The molecule has 4 rings (SSSR count). The first kappa shape index (κ1) is 17.4. The lowest BCUT2D eigenvalue weighted by atomic mass is 9.92. The van der Waals surface area contributed by atoms with Gasteiger partial charge in [0.05, 0.1) is 12.6 Å². The predicted molar refractivity (Wildman–Crippen MR) is 109 cm³/mol. The maximum Gasteiger partial charge on any atom is 0.124 e. The van der Waals surface area contributed by atoms with Gasteiger partial charge in [-0.05, 0) is 74.6 Å². The lowest BCUT2D eigenvalue weighted by Crippen LogP contribution is -2.30. The molecular formula is C22H25ClN2O. The van der Waals surface area contributed by atoms with Gasteiger partial charge in [-0.25, -0.2) is 0 Å². The Balaban J connectivity index is 1.92. The average Bonchev–Trinajstić information content (AvgIpc) is 2.96. The summed E-state index contributed by atoms with van der Waals surface area (Å²) in [7, 11) is 0.